The smallest absolute Gasteiger partial charge is 0.381 e. The molecule has 21 heavy (non-hydrogen) atoms. The molecule has 0 amide bonds. The number of nitrogens with two attached hydrogens (primary N) is 1. The van der Waals surface area contributed by atoms with Crippen LogP contribution in [0.25, 0.3) is 22.3 Å². The average Bonchev–Trinajstić information content (AvgIpc) is 2.84. The lowest BCUT2D eigenvalue weighted by molar-refractivity contribution is -0.137. The second-order valence-electron chi connectivity index (χ2n) is 4.24. The normalized spacial score (nSPS) is 12.0. The van der Waals surface area contributed by atoms with E-state index in [0.717, 1.165) is 0 Å². The van der Waals surface area contributed by atoms with E-state index >= 15 is 0 Å². The Morgan fingerprint density at radius 2 is 2.00 bits per heavy atom. The number of nitrogens with zero attached hydrogens (tertiary/aromatic N) is 3. The third-order valence-electron chi connectivity index (χ3n) is 2.92. The van der Waals surface area contributed by atoms with Gasteiger partial charge in [-0.05, 0) is 6.07 Å². The van der Waals surface area contributed by atoms with Crippen LogP contribution in [0.5, 0.6) is 0 Å². The molecule has 0 atom stereocenters. The maximum absolute atomic E-state index is 13.3. The van der Waals surface area contributed by atoms with E-state index in [2.05, 4.69) is 19.9 Å². The van der Waals surface area contributed by atoms with Crippen LogP contribution in [-0.4, -0.2) is 19.9 Å². The Kier molecular flexibility index (Phi) is 2.78. The van der Waals surface area contributed by atoms with Crippen LogP contribution in [0.2, 0.25) is 0 Å². The molecular formula is C12H7F4N5. The van der Waals surface area contributed by atoms with E-state index in [9.17, 15) is 17.6 Å². The maximum atomic E-state index is 13.3. The van der Waals surface area contributed by atoms with Gasteiger partial charge >= 0.3 is 6.18 Å². The molecule has 3 heterocycles. The highest BCUT2D eigenvalue weighted by molar-refractivity contribution is 5.92. The lowest BCUT2D eigenvalue weighted by Gasteiger charge is -2.12. The third kappa shape index (κ3) is 2.16. The molecule has 108 valence electrons. The van der Waals surface area contributed by atoms with Crippen molar-refractivity contribution in [2.75, 3.05) is 5.73 Å². The van der Waals surface area contributed by atoms with Crippen molar-refractivity contribution < 1.29 is 17.6 Å². The van der Waals surface area contributed by atoms with Crippen LogP contribution in [0, 0.1) is 5.82 Å². The largest absolute Gasteiger partial charge is 0.418 e. The standard InChI is InChI=1S/C12H7F4N5/c13-8-1-7(12(14,15)16)9(21-10(8)17)5-3-19-11-6(5)2-18-4-20-11/h1-4H,(H2,17,21)(H,18,19,20). The molecule has 3 aromatic heterocycles. The number of pyridine rings is 1. The number of hydrogen-bond donors (Lipinski definition) is 2. The van der Waals surface area contributed by atoms with Gasteiger partial charge in [-0.25, -0.2) is 19.3 Å². The van der Waals surface area contributed by atoms with E-state index < -0.39 is 29.1 Å². The van der Waals surface area contributed by atoms with Gasteiger partial charge in [-0.15, -0.1) is 0 Å². The first kappa shape index (κ1) is 13.3. The molecule has 0 bridgehead atoms. The highest BCUT2D eigenvalue weighted by atomic mass is 19.4. The minimum atomic E-state index is -4.77. The van der Waals surface area contributed by atoms with Crippen LogP contribution in [0.1, 0.15) is 5.56 Å². The fraction of sp³-hybridized carbons (Fsp3) is 0.0833. The predicted molar refractivity (Wildman–Crippen MR) is 66.5 cm³/mol. The molecule has 3 N–H and O–H groups in total. The molecule has 0 spiro atoms. The summed E-state index contributed by atoms with van der Waals surface area (Å²) in [4.78, 5) is 13.9. The van der Waals surface area contributed by atoms with Gasteiger partial charge in [0.15, 0.2) is 11.6 Å². The summed E-state index contributed by atoms with van der Waals surface area (Å²) in [7, 11) is 0. The zero-order valence-corrected chi connectivity index (χ0v) is 10.2. The molecule has 0 saturated carbocycles. The van der Waals surface area contributed by atoms with Crippen molar-refractivity contribution in [2.45, 2.75) is 6.18 Å². The van der Waals surface area contributed by atoms with Crippen molar-refractivity contribution in [1.82, 2.24) is 19.9 Å². The third-order valence-corrected chi connectivity index (χ3v) is 2.92. The Hall–Kier alpha value is -2.71. The highest BCUT2D eigenvalue weighted by Gasteiger charge is 2.36. The molecule has 3 rings (SSSR count). The lowest BCUT2D eigenvalue weighted by Crippen LogP contribution is -2.11. The van der Waals surface area contributed by atoms with Gasteiger partial charge in [0.1, 0.15) is 12.0 Å². The number of rotatable bonds is 1. The molecule has 0 aliphatic rings. The molecule has 0 saturated heterocycles. The van der Waals surface area contributed by atoms with Gasteiger partial charge in [-0.1, -0.05) is 0 Å². The van der Waals surface area contributed by atoms with Gasteiger partial charge < -0.3 is 10.7 Å². The van der Waals surface area contributed by atoms with Crippen molar-refractivity contribution in [2.24, 2.45) is 0 Å². The molecule has 0 aliphatic carbocycles. The average molecular weight is 297 g/mol. The predicted octanol–water partition coefficient (Wildman–Crippen LogP) is 2.76. The van der Waals surface area contributed by atoms with Gasteiger partial charge in [-0.2, -0.15) is 13.2 Å². The summed E-state index contributed by atoms with van der Waals surface area (Å²) < 4.78 is 52.5. The molecule has 3 aromatic rings. The fourth-order valence-corrected chi connectivity index (χ4v) is 1.98. The summed E-state index contributed by atoms with van der Waals surface area (Å²) >= 11 is 0. The molecular weight excluding hydrogens is 290 g/mol. The molecule has 0 unspecified atom stereocenters. The van der Waals surface area contributed by atoms with Crippen molar-refractivity contribution >= 4 is 16.9 Å². The number of anilines is 1. The van der Waals surface area contributed by atoms with E-state index in [1.54, 1.807) is 0 Å². The van der Waals surface area contributed by atoms with Crippen molar-refractivity contribution in [3.8, 4) is 11.3 Å². The first-order valence-corrected chi connectivity index (χ1v) is 5.68. The SMILES string of the molecule is Nc1nc(-c2c[nH]c3ncncc23)c(C(F)(F)F)cc1F. The first-order chi connectivity index (χ1) is 9.88. The number of nitrogen functional groups attached to an aromatic ring is 1. The van der Waals surface area contributed by atoms with Crippen LogP contribution in [-0.2, 0) is 6.18 Å². The van der Waals surface area contributed by atoms with E-state index in [1.807, 2.05) is 0 Å². The number of aromatic nitrogens is 4. The Labute approximate surface area is 114 Å². The maximum Gasteiger partial charge on any atom is 0.418 e. The van der Waals surface area contributed by atoms with Crippen LogP contribution in [0.4, 0.5) is 23.4 Å². The minimum absolute atomic E-state index is 0.102. The summed E-state index contributed by atoms with van der Waals surface area (Å²) in [5.41, 5.74) is 4.06. The summed E-state index contributed by atoms with van der Waals surface area (Å²) in [5.74, 6) is -1.83. The Balaban J connectivity index is 2.34. The van der Waals surface area contributed by atoms with Crippen LogP contribution >= 0.6 is 0 Å². The molecule has 0 fully saturated rings. The van der Waals surface area contributed by atoms with E-state index in [1.165, 1.54) is 18.7 Å². The van der Waals surface area contributed by atoms with E-state index in [-0.39, 0.29) is 5.56 Å². The van der Waals surface area contributed by atoms with Gasteiger partial charge in [-0.3, -0.25) is 0 Å². The number of fused-ring (bicyclic) bond motifs is 1. The highest BCUT2D eigenvalue weighted by Crippen LogP contribution is 2.39. The van der Waals surface area contributed by atoms with Gasteiger partial charge in [0, 0.05) is 23.3 Å². The number of alkyl halides is 3. The van der Waals surface area contributed by atoms with Crippen LogP contribution < -0.4 is 5.73 Å². The summed E-state index contributed by atoms with van der Waals surface area (Å²) in [6.07, 6.45) is -0.875. The first-order valence-electron chi connectivity index (χ1n) is 5.68. The summed E-state index contributed by atoms with van der Waals surface area (Å²) in [6, 6.07) is 0.334. The summed E-state index contributed by atoms with van der Waals surface area (Å²) in [6.45, 7) is 0. The molecule has 0 aromatic carbocycles. The number of aromatic amines is 1. The Bertz CT molecular complexity index is 824. The van der Waals surface area contributed by atoms with Crippen molar-refractivity contribution in [1.29, 1.82) is 0 Å². The van der Waals surface area contributed by atoms with Crippen LogP contribution in [0.15, 0.2) is 24.8 Å². The topological polar surface area (TPSA) is 80.5 Å². The van der Waals surface area contributed by atoms with Crippen LogP contribution in [0.3, 0.4) is 0 Å². The second kappa shape index (κ2) is 4.40. The number of halogens is 4. The number of hydrogen-bond acceptors (Lipinski definition) is 4. The minimum Gasteiger partial charge on any atom is -0.381 e. The Morgan fingerprint density at radius 1 is 1.24 bits per heavy atom. The van der Waals surface area contributed by atoms with E-state index in [0.29, 0.717) is 17.1 Å². The van der Waals surface area contributed by atoms with Gasteiger partial charge in [0.2, 0.25) is 0 Å². The summed E-state index contributed by atoms with van der Waals surface area (Å²) in [5, 5.41) is 0.335. The monoisotopic (exact) mass is 297 g/mol. The number of H-pyrrole nitrogens is 1. The Morgan fingerprint density at radius 3 is 2.71 bits per heavy atom. The molecule has 0 aliphatic heterocycles. The molecule has 9 heteroatoms. The zero-order chi connectivity index (χ0) is 15.2. The second-order valence-corrected chi connectivity index (χ2v) is 4.24. The van der Waals surface area contributed by atoms with Crippen molar-refractivity contribution in [3.63, 3.8) is 0 Å². The van der Waals surface area contributed by atoms with Crippen molar-refractivity contribution in [3.05, 3.63) is 36.2 Å². The van der Waals surface area contributed by atoms with E-state index in [4.69, 9.17) is 5.73 Å². The van der Waals surface area contributed by atoms with Gasteiger partial charge in [0.25, 0.3) is 0 Å². The fourth-order valence-electron chi connectivity index (χ4n) is 1.98. The molecule has 0 radical (unpaired) electrons. The number of nitrogens with one attached hydrogen (secondary N) is 1. The zero-order valence-electron chi connectivity index (χ0n) is 10.2. The lowest BCUT2D eigenvalue weighted by atomic mass is 10.1. The molecule has 5 nitrogen and oxygen atoms in total. The van der Waals surface area contributed by atoms with Gasteiger partial charge in [0.05, 0.1) is 11.3 Å². The quantitative estimate of drug-likeness (QED) is 0.677.